The molecule has 1 atom stereocenters. The Balaban J connectivity index is 2.81. The number of urea groups is 1. The summed E-state index contributed by atoms with van der Waals surface area (Å²) in [6, 6.07) is 2.46. The van der Waals surface area contributed by atoms with Gasteiger partial charge in [-0.15, -0.1) is 0 Å². The molecule has 5 nitrogen and oxygen atoms in total. The van der Waals surface area contributed by atoms with Gasteiger partial charge in [-0.05, 0) is 30.0 Å². The van der Waals surface area contributed by atoms with Crippen molar-refractivity contribution in [1.29, 1.82) is 0 Å². The molecule has 0 saturated carbocycles. The lowest BCUT2D eigenvalue weighted by Gasteiger charge is -2.27. The van der Waals surface area contributed by atoms with Gasteiger partial charge in [0, 0.05) is 0 Å². The van der Waals surface area contributed by atoms with E-state index in [2.05, 4.69) is 10.6 Å². The number of hydrogen-bond donors (Lipinski definition) is 3. The number of hydrogen-bond acceptors (Lipinski definition) is 2. The molecule has 0 aliphatic carbocycles. The largest absolute Gasteiger partial charge is 0.480 e. The van der Waals surface area contributed by atoms with E-state index in [1.165, 1.54) is 12.1 Å². The lowest BCUT2D eigenvalue weighted by Crippen LogP contribution is -2.50. The van der Waals surface area contributed by atoms with Crippen LogP contribution in [0.5, 0.6) is 0 Å². The second-order valence-electron chi connectivity index (χ2n) is 5.72. The Labute approximate surface area is 117 Å². The summed E-state index contributed by atoms with van der Waals surface area (Å²) in [5.41, 5.74) is 0.141. The van der Waals surface area contributed by atoms with Crippen LogP contribution in [-0.4, -0.2) is 23.1 Å². The molecule has 2 amide bonds. The van der Waals surface area contributed by atoms with Gasteiger partial charge in [0.15, 0.2) is 0 Å². The number of carboxylic acid groups (broad SMARTS) is 1. The Morgan fingerprint density at radius 2 is 1.90 bits per heavy atom. The second kappa shape index (κ2) is 5.90. The molecule has 0 unspecified atom stereocenters. The van der Waals surface area contributed by atoms with E-state index in [1.54, 1.807) is 33.8 Å². The number of halogens is 1. The number of benzene rings is 1. The van der Waals surface area contributed by atoms with Crippen LogP contribution >= 0.6 is 0 Å². The van der Waals surface area contributed by atoms with Gasteiger partial charge in [-0.25, -0.2) is 14.0 Å². The molecule has 0 bridgehead atoms. The number of carbonyl (C=O) groups is 2. The first-order valence-corrected chi connectivity index (χ1v) is 6.17. The van der Waals surface area contributed by atoms with Gasteiger partial charge in [0.05, 0.1) is 5.69 Å². The molecule has 6 heteroatoms. The number of carboxylic acids is 1. The number of amides is 2. The van der Waals surface area contributed by atoms with Crippen LogP contribution in [0.25, 0.3) is 0 Å². The van der Waals surface area contributed by atoms with Crippen molar-refractivity contribution in [3.05, 3.63) is 29.6 Å². The maximum Gasteiger partial charge on any atom is 0.326 e. The van der Waals surface area contributed by atoms with Crippen molar-refractivity contribution in [3.63, 3.8) is 0 Å². The molecule has 0 aliphatic rings. The van der Waals surface area contributed by atoms with Crippen molar-refractivity contribution in [2.45, 2.75) is 33.7 Å². The van der Waals surface area contributed by atoms with Gasteiger partial charge in [-0.3, -0.25) is 0 Å². The zero-order valence-electron chi connectivity index (χ0n) is 12.0. The van der Waals surface area contributed by atoms with Crippen LogP contribution in [0.4, 0.5) is 14.9 Å². The van der Waals surface area contributed by atoms with E-state index < -0.39 is 29.3 Å². The van der Waals surface area contributed by atoms with E-state index in [9.17, 15) is 14.0 Å². The lowest BCUT2D eigenvalue weighted by molar-refractivity contribution is -0.141. The second-order valence-corrected chi connectivity index (χ2v) is 5.72. The van der Waals surface area contributed by atoms with E-state index in [0.29, 0.717) is 0 Å². The monoisotopic (exact) mass is 282 g/mol. The molecule has 0 aliphatic heterocycles. The Morgan fingerprint density at radius 3 is 2.40 bits per heavy atom. The van der Waals surface area contributed by atoms with Crippen LogP contribution in [0.2, 0.25) is 0 Å². The molecule has 1 aromatic rings. The van der Waals surface area contributed by atoms with Gasteiger partial charge in [0.2, 0.25) is 0 Å². The van der Waals surface area contributed by atoms with Gasteiger partial charge in [0.25, 0.3) is 0 Å². The number of rotatable bonds is 3. The number of carbonyl (C=O) groups excluding carboxylic acids is 1. The molecule has 0 saturated heterocycles. The predicted molar refractivity (Wildman–Crippen MR) is 74.2 cm³/mol. The number of nitrogens with one attached hydrogen (secondary N) is 2. The summed E-state index contributed by atoms with van der Waals surface area (Å²) in [5.74, 6) is -1.72. The number of aliphatic carboxylic acids is 1. The van der Waals surface area contributed by atoms with Crippen LogP contribution in [-0.2, 0) is 4.79 Å². The third kappa shape index (κ3) is 4.22. The molecule has 0 radical (unpaired) electrons. The van der Waals surface area contributed by atoms with Crippen LogP contribution in [0.1, 0.15) is 26.3 Å². The van der Waals surface area contributed by atoms with Gasteiger partial charge >= 0.3 is 12.0 Å². The quantitative estimate of drug-likeness (QED) is 0.797. The maximum absolute atomic E-state index is 13.5. The summed E-state index contributed by atoms with van der Waals surface area (Å²) < 4.78 is 13.5. The van der Waals surface area contributed by atoms with Gasteiger partial charge in [-0.1, -0.05) is 26.8 Å². The molecule has 3 N–H and O–H groups in total. The average Bonchev–Trinajstić information content (AvgIpc) is 2.29. The standard InChI is InChI=1S/C14H19FN2O3/c1-8-5-6-9(15)10(7-8)16-13(20)17-11(12(18)19)14(2,3)4/h5-7,11H,1-4H3,(H,18,19)(H2,16,17,20)/t11-/m1/s1. The van der Waals surface area contributed by atoms with Gasteiger partial charge < -0.3 is 15.7 Å². The minimum Gasteiger partial charge on any atom is -0.480 e. The fraction of sp³-hybridized carbons (Fsp3) is 0.429. The summed E-state index contributed by atoms with van der Waals surface area (Å²) in [7, 11) is 0. The molecular weight excluding hydrogens is 263 g/mol. The van der Waals surface area contributed by atoms with E-state index in [0.717, 1.165) is 5.56 Å². The molecule has 0 aromatic heterocycles. The molecule has 0 spiro atoms. The van der Waals surface area contributed by atoms with Crippen molar-refractivity contribution in [2.24, 2.45) is 5.41 Å². The summed E-state index contributed by atoms with van der Waals surface area (Å²) in [6.07, 6.45) is 0. The zero-order chi connectivity index (χ0) is 15.5. The molecule has 20 heavy (non-hydrogen) atoms. The SMILES string of the molecule is Cc1ccc(F)c(NC(=O)N[C@H](C(=O)O)C(C)(C)C)c1. The minimum atomic E-state index is -1.14. The topological polar surface area (TPSA) is 78.4 Å². The van der Waals surface area contributed by atoms with Gasteiger partial charge in [0.1, 0.15) is 11.9 Å². The smallest absolute Gasteiger partial charge is 0.326 e. The summed E-state index contributed by atoms with van der Waals surface area (Å²) in [4.78, 5) is 22.9. The number of aryl methyl sites for hydroxylation is 1. The third-order valence-corrected chi connectivity index (χ3v) is 2.76. The van der Waals surface area contributed by atoms with Crippen molar-refractivity contribution in [2.75, 3.05) is 5.32 Å². The zero-order valence-corrected chi connectivity index (χ0v) is 12.0. The minimum absolute atomic E-state index is 0.0144. The highest BCUT2D eigenvalue weighted by molar-refractivity contribution is 5.92. The van der Waals surface area contributed by atoms with Crippen LogP contribution in [0.15, 0.2) is 18.2 Å². The molecule has 1 rings (SSSR count). The Hall–Kier alpha value is -2.11. The maximum atomic E-state index is 13.5. The first kappa shape index (κ1) is 15.9. The normalized spacial score (nSPS) is 12.7. The average molecular weight is 282 g/mol. The summed E-state index contributed by atoms with van der Waals surface area (Å²) in [5, 5.41) is 13.8. The molecule has 1 aromatic carbocycles. The molecule has 110 valence electrons. The first-order valence-electron chi connectivity index (χ1n) is 6.17. The number of anilines is 1. The van der Waals surface area contributed by atoms with Crippen molar-refractivity contribution < 1.29 is 19.1 Å². The highest BCUT2D eigenvalue weighted by Crippen LogP contribution is 2.20. The van der Waals surface area contributed by atoms with Crippen molar-refractivity contribution >= 4 is 17.7 Å². The van der Waals surface area contributed by atoms with E-state index in [-0.39, 0.29) is 5.69 Å². The molecule has 0 fully saturated rings. The Kier molecular flexibility index (Phi) is 4.70. The summed E-state index contributed by atoms with van der Waals surface area (Å²) >= 11 is 0. The predicted octanol–water partition coefficient (Wildman–Crippen LogP) is 2.75. The fourth-order valence-corrected chi connectivity index (χ4v) is 1.67. The summed E-state index contributed by atoms with van der Waals surface area (Å²) in [6.45, 7) is 6.84. The van der Waals surface area contributed by atoms with E-state index >= 15 is 0 Å². The molecule has 0 heterocycles. The van der Waals surface area contributed by atoms with Crippen LogP contribution in [0.3, 0.4) is 0 Å². The Morgan fingerprint density at radius 1 is 1.30 bits per heavy atom. The Bertz CT molecular complexity index is 524. The fourth-order valence-electron chi connectivity index (χ4n) is 1.67. The van der Waals surface area contributed by atoms with Crippen molar-refractivity contribution in [1.82, 2.24) is 5.32 Å². The third-order valence-electron chi connectivity index (χ3n) is 2.76. The van der Waals surface area contributed by atoms with E-state index in [1.807, 2.05) is 0 Å². The van der Waals surface area contributed by atoms with Crippen LogP contribution < -0.4 is 10.6 Å². The van der Waals surface area contributed by atoms with Crippen LogP contribution in [0, 0.1) is 18.2 Å². The first-order chi connectivity index (χ1) is 9.11. The van der Waals surface area contributed by atoms with Gasteiger partial charge in [-0.2, -0.15) is 0 Å². The highest BCUT2D eigenvalue weighted by Gasteiger charge is 2.32. The van der Waals surface area contributed by atoms with Crippen molar-refractivity contribution in [3.8, 4) is 0 Å². The van der Waals surface area contributed by atoms with E-state index in [4.69, 9.17) is 5.11 Å². The lowest BCUT2D eigenvalue weighted by atomic mass is 9.87. The molecular formula is C14H19FN2O3. The highest BCUT2D eigenvalue weighted by atomic mass is 19.1.